The van der Waals surface area contributed by atoms with Crippen molar-refractivity contribution in [2.45, 2.75) is 19.0 Å². The van der Waals surface area contributed by atoms with Gasteiger partial charge < -0.3 is 9.32 Å². The van der Waals surface area contributed by atoms with E-state index in [4.69, 9.17) is 16.0 Å². The van der Waals surface area contributed by atoms with Gasteiger partial charge in [-0.1, -0.05) is 29.8 Å². The number of amides is 1. The number of furan rings is 1. The molecule has 7 heteroatoms. The second-order valence-corrected chi connectivity index (χ2v) is 8.60. The molecular weight excluding hydrogens is 362 g/mol. The number of hydrogen-bond donors (Lipinski definition) is 0. The highest BCUT2D eigenvalue weighted by Gasteiger charge is 2.34. The Balaban J connectivity index is 1.83. The van der Waals surface area contributed by atoms with Crippen molar-refractivity contribution in [2.24, 2.45) is 0 Å². The topological polar surface area (TPSA) is 67.6 Å². The fourth-order valence-electron chi connectivity index (χ4n) is 2.85. The lowest BCUT2D eigenvalue weighted by atomic mass is 10.1. The summed E-state index contributed by atoms with van der Waals surface area (Å²) in [5, 5.41) is 0.552. The number of carbonyl (C=O) groups is 1. The van der Waals surface area contributed by atoms with Crippen LogP contribution in [0.5, 0.6) is 0 Å². The van der Waals surface area contributed by atoms with Crippen LogP contribution >= 0.6 is 11.6 Å². The van der Waals surface area contributed by atoms with Crippen molar-refractivity contribution < 1.29 is 17.6 Å². The Morgan fingerprint density at radius 1 is 1.28 bits per heavy atom. The molecule has 0 saturated carbocycles. The van der Waals surface area contributed by atoms with Gasteiger partial charge in [0.2, 0.25) is 5.91 Å². The largest absolute Gasteiger partial charge is 0.465 e. The van der Waals surface area contributed by atoms with Crippen molar-refractivity contribution in [3.05, 3.63) is 65.1 Å². The van der Waals surface area contributed by atoms with Gasteiger partial charge in [-0.2, -0.15) is 0 Å². The molecule has 1 aromatic carbocycles. The minimum atomic E-state index is -3.10. The fourth-order valence-corrected chi connectivity index (χ4v) is 4.78. The first-order chi connectivity index (χ1) is 11.9. The molecule has 0 aliphatic carbocycles. The van der Waals surface area contributed by atoms with Gasteiger partial charge in [0.15, 0.2) is 9.84 Å². The number of hydrogen-bond acceptors (Lipinski definition) is 4. The van der Waals surface area contributed by atoms with E-state index in [0.29, 0.717) is 17.2 Å². The summed E-state index contributed by atoms with van der Waals surface area (Å²) in [4.78, 5) is 14.3. The highest BCUT2D eigenvalue weighted by Crippen LogP contribution is 2.24. The average molecular weight is 380 g/mol. The minimum absolute atomic E-state index is 0.0161. The summed E-state index contributed by atoms with van der Waals surface area (Å²) in [5.74, 6) is 0.382. The van der Waals surface area contributed by atoms with Crippen molar-refractivity contribution >= 4 is 33.4 Å². The van der Waals surface area contributed by atoms with Crippen LogP contribution in [-0.4, -0.2) is 36.8 Å². The van der Waals surface area contributed by atoms with Crippen LogP contribution in [0.4, 0.5) is 0 Å². The number of sulfone groups is 1. The molecule has 5 nitrogen and oxygen atoms in total. The van der Waals surface area contributed by atoms with Gasteiger partial charge in [0.05, 0.1) is 17.8 Å². The summed E-state index contributed by atoms with van der Waals surface area (Å²) in [6.07, 6.45) is 4.94. The SMILES string of the molecule is O=C(/C=C/c1ccco1)N(Cc1ccccc1Cl)[C@@H]1CCS(=O)(=O)C1. The maximum atomic E-state index is 12.7. The van der Waals surface area contributed by atoms with Crippen LogP contribution in [0.25, 0.3) is 6.08 Å². The zero-order chi connectivity index (χ0) is 17.9. The molecule has 0 spiro atoms. The molecule has 2 heterocycles. The van der Waals surface area contributed by atoms with E-state index >= 15 is 0 Å². The van der Waals surface area contributed by atoms with E-state index in [1.807, 2.05) is 18.2 Å². The zero-order valence-corrected chi connectivity index (χ0v) is 15.0. The third-order valence-corrected chi connectivity index (χ3v) is 6.28. The van der Waals surface area contributed by atoms with Gasteiger partial charge in [0, 0.05) is 23.7 Å². The first-order valence-corrected chi connectivity index (χ1v) is 10.1. The number of benzene rings is 1. The maximum absolute atomic E-state index is 12.7. The van der Waals surface area contributed by atoms with E-state index in [0.717, 1.165) is 5.56 Å². The van der Waals surface area contributed by atoms with E-state index in [1.165, 1.54) is 12.3 Å². The maximum Gasteiger partial charge on any atom is 0.247 e. The standard InChI is InChI=1S/C18H18ClNO4S/c19-17-6-2-1-4-14(17)12-20(15-9-11-25(22,23)13-15)18(21)8-7-16-5-3-10-24-16/h1-8,10,15H,9,11-13H2/b8-7+/t15-/m1/s1. The van der Waals surface area contributed by atoms with Crippen LogP contribution in [0.1, 0.15) is 17.7 Å². The van der Waals surface area contributed by atoms with E-state index in [9.17, 15) is 13.2 Å². The van der Waals surface area contributed by atoms with Gasteiger partial charge in [-0.25, -0.2) is 8.42 Å². The Morgan fingerprint density at radius 2 is 2.08 bits per heavy atom. The molecular formula is C18H18ClNO4S. The molecule has 2 aromatic rings. The number of carbonyl (C=O) groups excluding carboxylic acids is 1. The van der Waals surface area contributed by atoms with E-state index in [1.54, 1.807) is 29.2 Å². The molecule has 1 aromatic heterocycles. The number of rotatable bonds is 5. The highest BCUT2D eigenvalue weighted by molar-refractivity contribution is 7.91. The molecule has 1 amide bonds. The smallest absolute Gasteiger partial charge is 0.247 e. The Morgan fingerprint density at radius 3 is 2.72 bits per heavy atom. The Kier molecular flexibility index (Phi) is 5.30. The molecule has 0 radical (unpaired) electrons. The second kappa shape index (κ2) is 7.45. The van der Waals surface area contributed by atoms with Crippen molar-refractivity contribution in [3.63, 3.8) is 0 Å². The van der Waals surface area contributed by atoms with Crippen LogP contribution in [0.15, 0.2) is 53.2 Å². The monoisotopic (exact) mass is 379 g/mol. The summed E-state index contributed by atoms with van der Waals surface area (Å²) < 4.78 is 28.9. The van der Waals surface area contributed by atoms with Crippen LogP contribution in [0, 0.1) is 0 Å². The van der Waals surface area contributed by atoms with Gasteiger partial charge in [-0.05, 0) is 36.3 Å². The summed E-state index contributed by atoms with van der Waals surface area (Å²) in [5.41, 5.74) is 0.785. The van der Waals surface area contributed by atoms with E-state index in [2.05, 4.69) is 0 Å². The van der Waals surface area contributed by atoms with E-state index in [-0.39, 0.29) is 30.0 Å². The van der Waals surface area contributed by atoms with Crippen molar-refractivity contribution in [1.82, 2.24) is 4.90 Å². The fraction of sp³-hybridized carbons (Fsp3) is 0.278. The first-order valence-electron chi connectivity index (χ1n) is 7.91. The van der Waals surface area contributed by atoms with E-state index < -0.39 is 9.84 Å². The molecule has 0 bridgehead atoms. The van der Waals surface area contributed by atoms with Gasteiger partial charge in [-0.15, -0.1) is 0 Å². The molecule has 25 heavy (non-hydrogen) atoms. The third-order valence-electron chi connectivity index (χ3n) is 4.16. The van der Waals surface area contributed by atoms with Crippen LogP contribution in [0.2, 0.25) is 5.02 Å². The average Bonchev–Trinajstić information content (AvgIpc) is 3.21. The number of halogens is 1. The normalized spacial score (nSPS) is 19.3. The molecule has 1 aliphatic heterocycles. The van der Waals surface area contributed by atoms with Crippen LogP contribution in [-0.2, 0) is 21.2 Å². The molecule has 3 rings (SSSR count). The molecule has 1 saturated heterocycles. The van der Waals surface area contributed by atoms with Crippen LogP contribution in [0.3, 0.4) is 0 Å². The number of nitrogens with zero attached hydrogens (tertiary/aromatic N) is 1. The minimum Gasteiger partial charge on any atom is -0.465 e. The van der Waals surface area contributed by atoms with Gasteiger partial charge in [0.1, 0.15) is 5.76 Å². The molecule has 0 N–H and O–H groups in total. The van der Waals surface area contributed by atoms with Crippen molar-refractivity contribution in [2.75, 3.05) is 11.5 Å². The van der Waals surface area contributed by atoms with Crippen LogP contribution < -0.4 is 0 Å². The molecule has 1 atom stereocenters. The first kappa shape index (κ1) is 17.8. The lowest BCUT2D eigenvalue weighted by molar-refractivity contribution is -0.128. The second-order valence-electron chi connectivity index (χ2n) is 5.96. The highest BCUT2D eigenvalue weighted by atomic mass is 35.5. The van der Waals surface area contributed by atoms with Crippen molar-refractivity contribution in [1.29, 1.82) is 0 Å². The Hall–Kier alpha value is -2.05. The summed E-state index contributed by atoms with van der Waals surface area (Å²) in [6, 6.07) is 10.4. The van der Waals surface area contributed by atoms with Gasteiger partial charge in [0.25, 0.3) is 0 Å². The predicted octanol–water partition coefficient (Wildman–Crippen LogP) is 3.16. The van der Waals surface area contributed by atoms with Gasteiger partial charge in [-0.3, -0.25) is 4.79 Å². The Bertz CT molecular complexity index is 874. The molecule has 132 valence electrons. The molecule has 0 unspecified atom stereocenters. The summed E-state index contributed by atoms with van der Waals surface area (Å²) >= 11 is 6.20. The third kappa shape index (κ3) is 4.52. The lowest BCUT2D eigenvalue weighted by Gasteiger charge is -2.27. The quantitative estimate of drug-likeness (QED) is 0.748. The lowest BCUT2D eigenvalue weighted by Crippen LogP contribution is -2.39. The zero-order valence-electron chi connectivity index (χ0n) is 13.5. The Labute approximate surface area is 151 Å². The predicted molar refractivity (Wildman–Crippen MR) is 96.8 cm³/mol. The molecule has 1 fully saturated rings. The van der Waals surface area contributed by atoms with Crippen molar-refractivity contribution in [3.8, 4) is 0 Å². The van der Waals surface area contributed by atoms with Gasteiger partial charge >= 0.3 is 0 Å². The molecule has 1 aliphatic rings. The summed E-state index contributed by atoms with van der Waals surface area (Å²) in [7, 11) is -3.10. The summed E-state index contributed by atoms with van der Waals surface area (Å²) in [6.45, 7) is 0.265.